The van der Waals surface area contributed by atoms with Gasteiger partial charge in [-0.25, -0.2) is 9.07 Å². The van der Waals surface area contributed by atoms with Crippen LogP contribution in [0, 0.1) is 5.82 Å². The summed E-state index contributed by atoms with van der Waals surface area (Å²) in [4.78, 5) is 0. The molecule has 0 spiro atoms. The lowest BCUT2D eigenvalue weighted by Gasteiger charge is -2.25. The summed E-state index contributed by atoms with van der Waals surface area (Å²) in [7, 11) is 3.26. The second-order valence-corrected chi connectivity index (χ2v) is 7.55. The van der Waals surface area contributed by atoms with Crippen molar-refractivity contribution in [2.45, 2.75) is 44.3 Å². The Kier molecular flexibility index (Phi) is 6.07. The molecule has 0 N–H and O–H groups in total. The summed E-state index contributed by atoms with van der Waals surface area (Å²) in [6.45, 7) is 0. The van der Waals surface area contributed by atoms with Gasteiger partial charge >= 0.3 is 0 Å². The first kappa shape index (κ1) is 19.8. The number of hydrogen-bond donors (Lipinski definition) is 0. The highest BCUT2D eigenvalue weighted by Gasteiger charge is 2.32. The second-order valence-electron chi connectivity index (χ2n) is 7.55. The molecule has 1 atom stereocenters. The van der Waals surface area contributed by atoms with Gasteiger partial charge in [0.15, 0.2) is 0 Å². The molecule has 29 heavy (non-hydrogen) atoms. The van der Waals surface area contributed by atoms with E-state index in [0.29, 0.717) is 5.92 Å². The fourth-order valence-corrected chi connectivity index (χ4v) is 4.37. The van der Waals surface area contributed by atoms with E-state index in [1.54, 1.807) is 26.4 Å². The molecule has 0 saturated heterocycles. The number of halogens is 1. The number of methoxy groups -OCH3 is 2. The summed E-state index contributed by atoms with van der Waals surface area (Å²) >= 11 is 0. The van der Waals surface area contributed by atoms with Gasteiger partial charge in [0, 0.05) is 25.7 Å². The molecule has 4 rings (SSSR count). The van der Waals surface area contributed by atoms with E-state index in [1.165, 1.54) is 29.0 Å². The molecule has 1 aliphatic carbocycles. The fraction of sp³-hybridized carbons (Fsp3) is 0.375. The van der Waals surface area contributed by atoms with Gasteiger partial charge < -0.3 is 9.47 Å². The van der Waals surface area contributed by atoms with Crippen LogP contribution in [-0.4, -0.2) is 24.0 Å². The first-order chi connectivity index (χ1) is 14.2. The summed E-state index contributed by atoms with van der Waals surface area (Å²) in [6.07, 6.45) is 4.77. The number of benzene rings is 2. The van der Waals surface area contributed by atoms with Crippen LogP contribution in [0.2, 0.25) is 0 Å². The van der Waals surface area contributed by atoms with Gasteiger partial charge in [-0.3, -0.25) is 0 Å². The molecule has 4 nitrogen and oxygen atoms in total. The van der Waals surface area contributed by atoms with Crippen molar-refractivity contribution in [2.24, 2.45) is 0 Å². The average molecular weight is 394 g/mol. The number of hydrogen-bond acceptors (Lipinski definition) is 3. The Labute approximate surface area is 171 Å². The van der Waals surface area contributed by atoms with Crippen LogP contribution in [-0.2, 0) is 22.3 Å². The summed E-state index contributed by atoms with van der Waals surface area (Å²) < 4.78 is 26.5. The predicted octanol–water partition coefficient (Wildman–Crippen LogP) is 5.36. The Hall–Kier alpha value is -2.50. The molecule has 152 valence electrons. The molecule has 0 saturated carbocycles. The quantitative estimate of drug-likeness (QED) is 0.507. The maximum absolute atomic E-state index is 13.5. The molecule has 5 heteroatoms. The highest BCUT2D eigenvalue weighted by atomic mass is 19.1. The molecular weight excluding hydrogens is 367 g/mol. The number of fused-ring (bicyclic) bond motifs is 1. The van der Waals surface area contributed by atoms with E-state index >= 15 is 0 Å². The lowest BCUT2D eigenvalue weighted by molar-refractivity contribution is -0.109. The van der Waals surface area contributed by atoms with Crippen molar-refractivity contribution in [3.8, 4) is 5.69 Å². The van der Waals surface area contributed by atoms with E-state index < -0.39 is 6.29 Å². The number of aryl methyl sites for hydroxylation is 1. The molecule has 3 aromatic rings. The lowest BCUT2D eigenvalue weighted by Crippen LogP contribution is -2.15. The molecular formula is C24H27FN2O2. The standard InChI is InChI=1S/C24H27FN2O2/c1-28-24(29-2)22-21-10-6-9-18(12-11-17-7-4-3-5-8-17)23(21)27(26-22)20-15-13-19(25)14-16-20/h3-5,7-8,13-16,18,24H,6,9-12H2,1-2H3. The van der Waals surface area contributed by atoms with Crippen LogP contribution in [0.3, 0.4) is 0 Å². The van der Waals surface area contributed by atoms with Gasteiger partial charge in [-0.2, -0.15) is 5.10 Å². The summed E-state index contributed by atoms with van der Waals surface area (Å²) in [5.41, 5.74) is 5.48. The van der Waals surface area contributed by atoms with Crippen molar-refractivity contribution in [2.75, 3.05) is 14.2 Å². The van der Waals surface area contributed by atoms with Crippen molar-refractivity contribution in [1.29, 1.82) is 0 Å². The molecule has 2 aromatic carbocycles. The van der Waals surface area contributed by atoms with Crippen LogP contribution < -0.4 is 0 Å². The minimum Gasteiger partial charge on any atom is -0.350 e. The van der Waals surface area contributed by atoms with E-state index in [-0.39, 0.29) is 5.82 Å². The first-order valence-corrected chi connectivity index (χ1v) is 10.2. The van der Waals surface area contributed by atoms with Gasteiger partial charge in [0.05, 0.1) is 11.4 Å². The van der Waals surface area contributed by atoms with E-state index in [0.717, 1.165) is 43.5 Å². The van der Waals surface area contributed by atoms with E-state index in [2.05, 4.69) is 24.3 Å². The lowest BCUT2D eigenvalue weighted by atomic mass is 9.83. The van der Waals surface area contributed by atoms with Crippen LogP contribution in [0.25, 0.3) is 5.69 Å². The Morgan fingerprint density at radius 1 is 1.07 bits per heavy atom. The van der Waals surface area contributed by atoms with Crippen molar-refractivity contribution >= 4 is 0 Å². The van der Waals surface area contributed by atoms with Crippen LogP contribution in [0.1, 0.15) is 54.0 Å². The maximum Gasteiger partial charge on any atom is 0.202 e. The van der Waals surface area contributed by atoms with Crippen LogP contribution in [0.15, 0.2) is 54.6 Å². The third-order valence-corrected chi connectivity index (χ3v) is 5.77. The number of aromatic nitrogens is 2. The third kappa shape index (κ3) is 4.11. The highest BCUT2D eigenvalue weighted by Crippen LogP contribution is 2.40. The molecule has 1 unspecified atom stereocenters. The van der Waals surface area contributed by atoms with E-state index in [1.807, 2.05) is 10.7 Å². The summed E-state index contributed by atoms with van der Waals surface area (Å²) in [5.74, 6) is 0.141. The van der Waals surface area contributed by atoms with Crippen LogP contribution in [0.4, 0.5) is 4.39 Å². The molecule has 1 aliphatic rings. The number of nitrogens with zero attached hydrogens (tertiary/aromatic N) is 2. The Balaban J connectivity index is 1.74. The van der Waals surface area contributed by atoms with E-state index in [9.17, 15) is 4.39 Å². The minimum absolute atomic E-state index is 0.248. The SMILES string of the molecule is COC(OC)c1nn(-c2ccc(F)cc2)c2c1CCCC2CCc1ccccc1. The normalized spacial score (nSPS) is 16.2. The van der Waals surface area contributed by atoms with Crippen molar-refractivity contribution in [3.05, 3.63) is 82.9 Å². The molecule has 0 bridgehead atoms. The largest absolute Gasteiger partial charge is 0.350 e. The minimum atomic E-state index is -0.502. The maximum atomic E-state index is 13.5. The molecule has 0 amide bonds. The fourth-order valence-electron chi connectivity index (χ4n) is 4.37. The Morgan fingerprint density at radius 2 is 1.79 bits per heavy atom. The predicted molar refractivity (Wildman–Crippen MR) is 111 cm³/mol. The number of ether oxygens (including phenoxy) is 2. The van der Waals surface area contributed by atoms with E-state index in [4.69, 9.17) is 14.6 Å². The average Bonchev–Trinajstić information content (AvgIpc) is 3.15. The van der Waals surface area contributed by atoms with Gasteiger partial charge in [0.25, 0.3) is 0 Å². The first-order valence-electron chi connectivity index (χ1n) is 10.2. The molecule has 0 radical (unpaired) electrons. The van der Waals surface area contributed by atoms with Crippen molar-refractivity contribution in [1.82, 2.24) is 9.78 Å². The van der Waals surface area contributed by atoms with Gasteiger partial charge in [0.1, 0.15) is 11.5 Å². The topological polar surface area (TPSA) is 36.3 Å². The monoisotopic (exact) mass is 394 g/mol. The Morgan fingerprint density at radius 3 is 2.48 bits per heavy atom. The molecule has 0 fully saturated rings. The van der Waals surface area contributed by atoms with Crippen LogP contribution >= 0.6 is 0 Å². The third-order valence-electron chi connectivity index (χ3n) is 5.77. The summed E-state index contributed by atoms with van der Waals surface area (Å²) in [5, 5.41) is 4.88. The molecule has 1 heterocycles. The van der Waals surface area contributed by atoms with Crippen LogP contribution in [0.5, 0.6) is 0 Å². The highest BCUT2D eigenvalue weighted by molar-refractivity contribution is 5.41. The van der Waals surface area contributed by atoms with Gasteiger partial charge in [0.2, 0.25) is 6.29 Å². The van der Waals surface area contributed by atoms with Gasteiger partial charge in [-0.05, 0) is 61.9 Å². The second kappa shape index (κ2) is 8.89. The van der Waals surface area contributed by atoms with Crippen molar-refractivity contribution < 1.29 is 13.9 Å². The van der Waals surface area contributed by atoms with Crippen molar-refractivity contribution in [3.63, 3.8) is 0 Å². The van der Waals surface area contributed by atoms with Gasteiger partial charge in [-0.15, -0.1) is 0 Å². The zero-order valence-corrected chi connectivity index (χ0v) is 17.0. The molecule has 1 aromatic heterocycles. The Bertz CT molecular complexity index is 934. The molecule has 0 aliphatic heterocycles. The zero-order chi connectivity index (χ0) is 20.2. The number of rotatable bonds is 7. The zero-order valence-electron chi connectivity index (χ0n) is 17.0. The summed E-state index contributed by atoms with van der Waals surface area (Å²) in [6, 6.07) is 17.1. The smallest absolute Gasteiger partial charge is 0.202 e. The van der Waals surface area contributed by atoms with Gasteiger partial charge in [-0.1, -0.05) is 30.3 Å².